The highest BCUT2D eigenvalue weighted by atomic mass is 19.1. The molecule has 0 atom stereocenters. The minimum Gasteiger partial charge on any atom is -0.390 e. The van der Waals surface area contributed by atoms with Crippen LogP contribution in [0.1, 0.15) is 25.8 Å². The molecule has 0 unspecified atom stereocenters. The molecule has 0 bridgehead atoms. The molecule has 0 spiro atoms. The lowest BCUT2D eigenvalue weighted by Gasteiger charge is -2.16. The fraction of sp³-hybridized carbons (Fsp3) is 0.500. The quantitative estimate of drug-likeness (QED) is 0.776. The van der Waals surface area contributed by atoms with Gasteiger partial charge < -0.3 is 5.11 Å². The Kier molecular flexibility index (Phi) is 2.98. The zero-order valence-corrected chi connectivity index (χ0v) is 7.92. The minimum atomic E-state index is -0.702. The van der Waals surface area contributed by atoms with E-state index in [0.29, 0.717) is 12.8 Å². The third-order valence-electron chi connectivity index (χ3n) is 1.79. The molecule has 0 aliphatic heterocycles. The Morgan fingerprint density at radius 1 is 1.46 bits per heavy atom. The first-order valence-electron chi connectivity index (χ1n) is 4.29. The van der Waals surface area contributed by atoms with Crippen LogP contribution in [0.15, 0.2) is 18.5 Å². The predicted octanol–water partition coefficient (Wildman–Crippen LogP) is 1.92. The molecule has 72 valence electrons. The Morgan fingerprint density at radius 3 is 2.69 bits per heavy atom. The van der Waals surface area contributed by atoms with E-state index in [-0.39, 0.29) is 5.82 Å². The monoisotopic (exact) mass is 183 g/mol. The summed E-state index contributed by atoms with van der Waals surface area (Å²) < 4.78 is 12.7. The van der Waals surface area contributed by atoms with Crippen molar-refractivity contribution in [3.63, 3.8) is 0 Å². The summed E-state index contributed by atoms with van der Waals surface area (Å²) in [7, 11) is 0. The van der Waals surface area contributed by atoms with Gasteiger partial charge >= 0.3 is 0 Å². The van der Waals surface area contributed by atoms with Gasteiger partial charge in [-0.1, -0.05) is 0 Å². The first kappa shape index (κ1) is 10.1. The zero-order chi connectivity index (χ0) is 9.90. The molecule has 0 saturated carbocycles. The van der Waals surface area contributed by atoms with E-state index in [1.54, 1.807) is 20.0 Å². The zero-order valence-electron chi connectivity index (χ0n) is 7.92. The Labute approximate surface area is 77.4 Å². The van der Waals surface area contributed by atoms with Crippen LogP contribution in [-0.4, -0.2) is 15.7 Å². The molecule has 1 aromatic heterocycles. The molecular formula is C10H14FNO. The van der Waals surface area contributed by atoms with Crippen LogP contribution in [0, 0.1) is 5.82 Å². The number of hydrogen-bond donors (Lipinski definition) is 1. The van der Waals surface area contributed by atoms with E-state index in [1.807, 2.05) is 0 Å². The van der Waals surface area contributed by atoms with E-state index < -0.39 is 5.60 Å². The average molecular weight is 183 g/mol. The molecule has 13 heavy (non-hydrogen) atoms. The SMILES string of the molecule is CC(C)(O)CCc1cncc(F)c1. The Morgan fingerprint density at radius 2 is 2.15 bits per heavy atom. The number of nitrogens with zero attached hydrogens (tertiary/aromatic N) is 1. The number of rotatable bonds is 3. The number of aromatic nitrogens is 1. The normalized spacial score (nSPS) is 11.7. The van der Waals surface area contributed by atoms with Gasteiger partial charge in [0, 0.05) is 6.20 Å². The molecule has 3 heteroatoms. The molecule has 2 nitrogen and oxygen atoms in total. The van der Waals surface area contributed by atoms with Gasteiger partial charge in [0.15, 0.2) is 0 Å². The smallest absolute Gasteiger partial charge is 0.141 e. The third-order valence-corrected chi connectivity index (χ3v) is 1.79. The molecule has 1 heterocycles. The van der Waals surface area contributed by atoms with Crippen LogP contribution in [0.25, 0.3) is 0 Å². The van der Waals surface area contributed by atoms with E-state index in [0.717, 1.165) is 5.56 Å². The standard InChI is InChI=1S/C10H14FNO/c1-10(2,13)4-3-8-5-9(11)7-12-6-8/h5-7,13H,3-4H2,1-2H3. The van der Waals surface area contributed by atoms with Crippen molar-refractivity contribution in [1.82, 2.24) is 4.98 Å². The van der Waals surface area contributed by atoms with Crippen molar-refractivity contribution in [2.75, 3.05) is 0 Å². The number of aryl methyl sites for hydroxylation is 1. The van der Waals surface area contributed by atoms with Crippen LogP contribution in [0.5, 0.6) is 0 Å². The predicted molar refractivity (Wildman–Crippen MR) is 48.8 cm³/mol. The topological polar surface area (TPSA) is 33.1 Å². The summed E-state index contributed by atoms with van der Waals surface area (Å²) in [5.41, 5.74) is 0.119. The summed E-state index contributed by atoms with van der Waals surface area (Å²) in [6.45, 7) is 3.47. The van der Waals surface area contributed by atoms with Gasteiger partial charge in [-0.3, -0.25) is 4.98 Å². The van der Waals surface area contributed by atoms with Gasteiger partial charge in [-0.05, 0) is 38.3 Å². The molecule has 0 radical (unpaired) electrons. The minimum absolute atomic E-state index is 0.326. The van der Waals surface area contributed by atoms with Crippen molar-refractivity contribution in [2.24, 2.45) is 0 Å². The van der Waals surface area contributed by atoms with Gasteiger partial charge in [0.1, 0.15) is 5.82 Å². The molecule has 0 amide bonds. The van der Waals surface area contributed by atoms with E-state index in [1.165, 1.54) is 12.3 Å². The lowest BCUT2D eigenvalue weighted by molar-refractivity contribution is 0.0713. The van der Waals surface area contributed by atoms with Gasteiger partial charge in [-0.2, -0.15) is 0 Å². The molecular weight excluding hydrogens is 169 g/mol. The summed E-state index contributed by atoms with van der Waals surface area (Å²) in [6, 6.07) is 1.44. The molecule has 1 rings (SSSR count). The second kappa shape index (κ2) is 3.83. The molecule has 0 aliphatic carbocycles. The first-order valence-corrected chi connectivity index (χ1v) is 4.29. The summed E-state index contributed by atoms with van der Waals surface area (Å²) in [5, 5.41) is 9.43. The Hall–Kier alpha value is -0.960. The van der Waals surface area contributed by atoms with Crippen LogP contribution < -0.4 is 0 Å². The molecule has 1 N–H and O–H groups in total. The van der Waals surface area contributed by atoms with E-state index >= 15 is 0 Å². The van der Waals surface area contributed by atoms with E-state index in [2.05, 4.69) is 4.98 Å². The maximum Gasteiger partial charge on any atom is 0.141 e. The number of pyridine rings is 1. The summed E-state index contributed by atoms with van der Waals surface area (Å²) in [6.07, 6.45) is 4.05. The lowest BCUT2D eigenvalue weighted by atomic mass is 10.00. The first-order chi connectivity index (χ1) is 5.97. The highest BCUT2D eigenvalue weighted by Gasteiger charge is 2.12. The van der Waals surface area contributed by atoms with Crippen LogP contribution in [0.2, 0.25) is 0 Å². The van der Waals surface area contributed by atoms with Gasteiger partial charge in [-0.25, -0.2) is 4.39 Å². The van der Waals surface area contributed by atoms with Crippen molar-refractivity contribution in [1.29, 1.82) is 0 Å². The Bertz CT molecular complexity index is 280. The summed E-state index contributed by atoms with van der Waals surface area (Å²) >= 11 is 0. The van der Waals surface area contributed by atoms with Gasteiger partial charge in [0.2, 0.25) is 0 Å². The van der Waals surface area contributed by atoms with Gasteiger partial charge in [-0.15, -0.1) is 0 Å². The third kappa shape index (κ3) is 3.99. The second-order valence-corrected chi connectivity index (χ2v) is 3.82. The maximum absolute atomic E-state index is 12.7. The van der Waals surface area contributed by atoms with Crippen LogP contribution in [-0.2, 0) is 6.42 Å². The second-order valence-electron chi connectivity index (χ2n) is 3.82. The summed E-state index contributed by atoms with van der Waals surface area (Å²) in [5.74, 6) is -0.326. The van der Waals surface area contributed by atoms with Crippen LogP contribution >= 0.6 is 0 Å². The fourth-order valence-electron chi connectivity index (χ4n) is 1.04. The summed E-state index contributed by atoms with van der Waals surface area (Å²) in [4.78, 5) is 3.73. The molecule has 0 fully saturated rings. The van der Waals surface area contributed by atoms with E-state index in [4.69, 9.17) is 0 Å². The molecule has 1 aromatic rings. The molecule has 0 aromatic carbocycles. The van der Waals surface area contributed by atoms with Gasteiger partial charge in [0.25, 0.3) is 0 Å². The largest absolute Gasteiger partial charge is 0.390 e. The molecule has 0 aliphatic rings. The fourth-order valence-corrected chi connectivity index (χ4v) is 1.04. The highest BCUT2D eigenvalue weighted by molar-refractivity contribution is 5.10. The van der Waals surface area contributed by atoms with Gasteiger partial charge in [0.05, 0.1) is 11.8 Å². The number of halogens is 1. The molecule has 0 saturated heterocycles. The van der Waals surface area contributed by atoms with Crippen molar-refractivity contribution in [2.45, 2.75) is 32.3 Å². The number of aliphatic hydroxyl groups is 1. The van der Waals surface area contributed by atoms with Crippen LogP contribution in [0.3, 0.4) is 0 Å². The Balaban J connectivity index is 2.55. The number of hydrogen-bond acceptors (Lipinski definition) is 2. The van der Waals surface area contributed by atoms with Crippen molar-refractivity contribution in [3.05, 3.63) is 29.8 Å². The average Bonchev–Trinajstić information content (AvgIpc) is 2.00. The van der Waals surface area contributed by atoms with Crippen molar-refractivity contribution < 1.29 is 9.50 Å². The van der Waals surface area contributed by atoms with Crippen LogP contribution in [0.4, 0.5) is 4.39 Å². The maximum atomic E-state index is 12.7. The van der Waals surface area contributed by atoms with Crippen molar-refractivity contribution in [3.8, 4) is 0 Å². The lowest BCUT2D eigenvalue weighted by Crippen LogP contribution is -2.19. The van der Waals surface area contributed by atoms with E-state index in [9.17, 15) is 9.50 Å². The van der Waals surface area contributed by atoms with Crippen molar-refractivity contribution >= 4 is 0 Å². The highest BCUT2D eigenvalue weighted by Crippen LogP contribution is 2.12.